The summed E-state index contributed by atoms with van der Waals surface area (Å²) in [5.74, 6) is 1.13. The molecule has 2 aliphatic rings. The first-order valence-electron chi connectivity index (χ1n) is 8.64. The highest BCUT2D eigenvalue weighted by atomic mass is 32.2. The van der Waals surface area contributed by atoms with Crippen molar-refractivity contribution >= 4 is 23.4 Å². The number of benzene rings is 2. The van der Waals surface area contributed by atoms with Gasteiger partial charge < -0.3 is 4.90 Å². The van der Waals surface area contributed by atoms with E-state index in [4.69, 9.17) is 0 Å². The molecule has 1 saturated heterocycles. The third-order valence-corrected chi connectivity index (χ3v) is 5.98. The Morgan fingerprint density at radius 2 is 1.71 bits per heavy atom. The second-order valence-electron chi connectivity index (χ2n) is 6.45. The Hall–Kier alpha value is -1.78. The van der Waals surface area contributed by atoms with Gasteiger partial charge in [-0.1, -0.05) is 42.5 Å². The van der Waals surface area contributed by atoms with E-state index in [2.05, 4.69) is 47.4 Å². The average Bonchev–Trinajstić information content (AvgIpc) is 3.14. The molecule has 124 valence electrons. The molecule has 2 aromatic carbocycles. The van der Waals surface area contributed by atoms with E-state index in [-0.39, 0.29) is 11.9 Å². The first-order valence-corrected chi connectivity index (χ1v) is 9.63. The summed E-state index contributed by atoms with van der Waals surface area (Å²) in [6.07, 6.45) is 2.42. The summed E-state index contributed by atoms with van der Waals surface area (Å²) >= 11 is 1.85. The second-order valence-corrected chi connectivity index (χ2v) is 7.51. The van der Waals surface area contributed by atoms with Crippen molar-refractivity contribution in [2.24, 2.45) is 0 Å². The van der Waals surface area contributed by atoms with Gasteiger partial charge in [-0.05, 0) is 43.6 Å². The molecule has 0 aliphatic carbocycles. The van der Waals surface area contributed by atoms with Gasteiger partial charge in [0.25, 0.3) is 0 Å². The highest BCUT2D eigenvalue weighted by Gasteiger charge is 2.33. The lowest BCUT2D eigenvalue weighted by atomic mass is 10.1. The van der Waals surface area contributed by atoms with E-state index in [1.807, 2.05) is 28.8 Å². The van der Waals surface area contributed by atoms with Crippen molar-refractivity contribution in [2.75, 3.05) is 30.3 Å². The van der Waals surface area contributed by atoms with E-state index in [0.717, 1.165) is 24.5 Å². The van der Waals surface area contributed by atoms with E-state index >= 15 is 0 Å². The van der Waals surface area contributed by atoms with Crippen molar-refractivity contribution in [1.29, 1.82) is 0 Å². The van der Waals surface area contributed by atoms with Gasteiger partial charge in [0, 0.05) is 10.6 Å². The number of para-hydroxylation sites is 1. The molecule has 0 saturated carbocycles. The SMILES string of the molecule is O=C(CN1CCCC1)N1c2ccccc2SC[C@@H]1c1ccccc1. The molecule has 1 atom stereocenters. The smallest absolute Gasteiger partial charge is 0.241 e. The Morgan fingerprint density at radius 1 is 1.00 bits per heavy atom. The fraction of sp³-hybridized carbons (Fsp3) is 0.350. The van der Waals surface area contributed by atoms with Crippen LogP contribution in [0.3, 0.4) is 0 Å². The molecule has 1 fully saturated rings. The standard InChI is InChI=1S/C20H22N2OS/c23-20(14-21-12-6-7-13-21)22-17-10-4-5-11-19(17)24-15-18(22)16-8-2-1-3-9-16/h1-5,8-11,18H,6-7,12-15H2/t18-/m1/s1. The minimum absolute atomic E-state index is 0.112. The lowest BCUT2D eigenvalue weighted by Gasteiger charge is -2.38. The van der Waals surface area contributed by atoms with Crippen LogP contribution in [0, 0.1) is 0 Å². The van der Waals surface area contributed by atoms with Crippen LogP contribution in [0.4, 0.5) is 5.69 Å². The molecule has 3 nitrogen and oxygen atoms in total. The average molecular weight is 338 g/mol. The fourth-order valence-corrected chi connectivity index (χ4v) is 4.79. The maximum Gasteiger partial charge on any atom is 0.241 e. The van der Waals surface area contributed by atoms with Gasteiger partial charge in [-0.2, -0.15) is 0 Å². The van der Waals surface area contributed by atoms with Crippen LogP contribution >= 0.6 is 11.8 Å². The summed E-state index contributed by atoms with van der Waals surface area (Å²) in [5, 5.41) is 0. The number of anilines is 1. The van der Waals surface area contributed by atoms with E-state index in [1.165, 1.54) is 23.3 Å². The second kappa shape index (κ2) is 6.99. The van der Waals surface area contributed by atoms with Gasteiger partial charge in [0.05, 0.1) is 18.3 Å². The van der Waals surface area contributed by atoms with E-state index in [9.17, 15) is 4.79 Å². The molecule has 0 radical (unpaired) electrons. The molecule has 0 aromatic heterocycles. The molecule has 0 unspecified atom stereocenters. The van der Waals surface area contributed by atoms with Gasteiger partial charge in [0.15, 0.2) is 0 Å². The fourth-order valence-electron chi connectivity index (χ4n) is 3.63. The van der Waals surface area contributed by atoms with Crippen LogP contribution in [0.2, 0.25) is 0 Å². The summed E-state index contributed by atoms with van der Waals surface area (Å²) in [6, 6.07) is 18.8. The molecule has 2 aromatic rings. The summed E-state index contributed by atoms with van der Waals surface area (Å²) in [4.78, 5) is 18.7. The van der Waals surface area contributed by atoms with Crippen molar-refractivity contribution in [3.8, 4) is 0 Å². The number of likely N-dealkylation sites (tertiary alicyclic amines) is 1. The van der Waals surface area contributed by atoms with Crippen LogP contribution in [-0.2, 0) is 4.79 Å². The van der Waals surface area contributed by atoms with Crippen LogP contribution in [-0.4, -0.2) is 36.2 Å². The minimum Gasteiger partial charge on any atom is -0.302 e. The Bertz CT molecular complexity index is 713. The summed E-state index contributed by atoms with van der Waals surface area (Å²) < 4.78 is 0. The zero-order valence-electron chi connectivity index (χ0n) is 13.7. The molecule has 0 spiro atoms. The third kappa shape index (κ3) is 3.08. The first-order chi connectivity index (χ1) is 11.8. The van der Waals surface area contributed by atoms with Crippen molar-refractivity contribution in [3.63, 3.8) is 0 Å². The number of carbonyl (C=O) groups is 1. The quantitative estimate of drug-likeness (QED) is 0.846. The normalized spacial score (nSPS) is 20.8. The number of nitrogens with zero attached hydrogens (tertiary/aromatic N) is 2. The third-order valence-electron chi connectivity index (χ3n) is 4.84. The van der Waals surface area contributed by atoms with Gasteiger partial charge in [-0.15, -0.1) is 11.8 Å². The Labute approximate surface area is 147 Å². The number of fused-ring (bicyclic) bond motifs is 1. The Morgan fingerprint density at radius 3 is 2.50 bits per heavy atom. The molecule has 4 rings (SSSR count). The predicted octanol–water partition coefficient (Wildman–Crippen LogP) is 3.96. The minimum atomic E-state index is 0.112. The van der Waals surface area contributed by atoms with E-state index in [0.29, 0.717) is 6.54 Å². The Kier molecular flexibility index (Phi) is 4.58. The molecular weight excluding hydrogens is 316 g/mol. The summed E-state index contributed by atoms with van der Waals surface area (Å²) in [6.45, 7) is 2.63. The highest BCUT2D eigenvalue weighted by Crippen LogP contribution is 2.43. The van der Waals surface area contributed by atoms with Crippen LogP contribution in [0.5, 0.6) is 0 Å². The van der Waals surface area contributed by atoms with Crippen molar-refractivity contribution in [2.45, 2.75) is 23.8 Å². The van der Waals surface area contributed by atoms with Gasteiger partial charge in [0.2, 0.25) is 5.91 Å². The number of hydrogen-bond donors (Lipinski definition) is 0. The van der Waals surface area contributed by atoms with Crippen molar-refractivity contribution in [3.05, 3.63) is 60.2 Å². The van der Waals surface area contributed by atoms with Crippen molar-refractivity contribution in [1.82, 2.24) is 4.90 Å². The van der Waals surface area contributed by atoms with E-state index in [1.54, 1.807) is 0 Å². The number of amides is 1. The van der Waals surface area contributed by atoms with Crippen LogP contribution in [0.25, 0.3) is 0 Å². The molecule has 24 heavy (non-hydrogen) atoms. The number of carbonyl (C=O) groups excluding carboxylic acids is 1. The zero-order chi connectivity index (χ0) is 16.4. The van der Waals surface area contributed by atoms with Crippen LogP contribution in [0.1, 0.15) is 24.4 Å². The first kappa shape index (κ1) is 15.7. The lowest BCUT2D eigenvalue weighted by Crippen LogP contribution is -2.44. The lowest BCUT2D eigenvalue weighted by molar-refractivity contribution is -0.120. The maximum absolute atomic E-state index is 13.2. The van der Waals surface area contributed by atoms with Gasteiger partial charge >= 0.3 is 0 Å². The van der Waals surface area contributed by atoms with E-state index < -0.39 is 0 Å². The number of rotatable bonds is 3. The monoisotopic (exact) mass is 338 g/mol. The molecule has 2 heterocycles. The largest absolute Gasteiger partial charge is 0.302 e. The summed E-state index contributed by atoms with van der Waals surface area (Å²) in [7, 11) is 0. The van der Waals surface area contributed by atoms with Crippen molar-refractivity contribution < 1.29 is 4.79 Å². The predicted molar refractivity (Wildman–Crippen MR) is 99.5 cm³/mol. The molecule has 0 N–H and O–H groups in total. The molecule has 0 bridgehead atoms. The number of hydrogen-bond acceptors (Lipinski definition) is 3. The highest BCUT2D eigenvalue weighted by molar-refractivity contribution is 7.99. The molecular formula is C20H22N2OS. The molecule has 2 aliphatic heterocycles. The Balaban J connectivity index is 1.67. The van der Waals surface area contributed by atoms with Gasteiger partial charge in [-0.25, -0.2) is 0 Å². The topological polar surface area (TPSA) is 23.6 Å². The van der Waals surface area contributed by atoms with Gasteiger partial charge in [0.1, 0.15) is 0 Å². The molecule has 4 heteroatoms. The molecule has 1 amide bonds. The summed E-state index contributed by atoms with van der Waals surface area (Å²) in [5.41, 5.74) is 2.28. The van der Waals surface area contributed by atoms with Gasteiger partial charge in [-0.3, -0.25) is 9.69 Å². The van der Waals surface area contributed by atoms with Crippen LogP contribution in [0.15, 0.2) is 59.5 Å². The maximum atomic E-state index is 13.2. The zero-order valence-corrected chi connectivity index (χ0v) is 14.5. The number of thioether (sulfide) groups is 1. The van der Waals surface area contributed by atoms with Crippen LogP contribution < -0.4 is 4.90 Å².